The van der Waals surface area contributed by atoms with Gasteiger partial charge in [-0.05, 0) is 127 Å². The molecule has 1 unspecified atom stereocenters. The first-order valence-corrected chi connectivity index (χ1v) is 13.4. The van der Waals surface area contributed by atoms with E-state index in [1.54, 1.807) is 0 Å². The lowest BCUT2D eigenvalue weighted by Crippen LogP contribution is -2.25. The molecule has 2 nitrogen and oxygen atoms in total. The van der Waals surface area contributed by atoms with Gasteiger partial charge in [-0.2, -0.15) is 0 Å². The average molecular weight is 462 g/mol. The van der Waals surface area contributed by atoms with Crippen molar-refractivity contribution in [2.75, 3.05) is 20.1 Å². The summed E-state index contributed by atoms with van der Waals surface area (Å²) in [6.45, 7) is 11.4. The van der Waals surface area contributed by atoms with Crippen LogP contribution < -0.4 is 0 Å². The van der Waals surface area contributed by atoms with Crippen LogP contribution in [0.4, 0.5) is 0 Å². The van der Waals surface area contributed by atoms with E-state index >= 15 is 0 Å². The van der Waals surface area contributed by atoms with Crippen molar-refractivity contribution in [3.05, 3.63) is 80.7 Å². The van der Waals surface area contributed by atoms with Gasteiger partial charge in [0.1, 0.15) is 0 Å². The Kier molecular flexibility index (Phi) is 7.73. The molecule has 0 spiro atoms. The number of aryl methyl sites for hydroxylation is 3. The average Bonchev–Trinajstić information content (AvgIpc) is 3.25. The van der Waals surface area contributed by atoms with Gasteiger partial charge in [-0.25, -0.2) is 0 Å². The molecule has 0 saturated carbocycles. The van der Waals surface area contributed by atoms with Gasteiger partial charge in [0, 0.05) is 11.4 Å². The second-order valence-corrected chi connectivity index (χ2v) is 11.1. The maximum atomic E-state index is 10.3. The standard InChI is InChI=1S/C30H39NOS/c1-6-31(5)18-20(2)12-26-13-22(4)27(14-21(26)3)15-23-16-30(33-19-23)25-10-11-28-24(17-25)8-7-9-29(28)32/h10-11,13-14,16-17,19-20,29,32H,6-9,12,15,18H2,1-5H3/t20-,29?/m1/s1. The molecule has 0 aliphatic heterocycles. The van der Waals surface area contributed by atoms with Gasteiger partial charge in [-0.15, -0.1) is 11.3 Å². The molecule has 0 radical (unpaired) electrons. The lowest BCUT2D eigenvalue weighted by molar-refractivity contribution is 0.156. The van der Waals surface area contributed by atoms with Crippen molar-refractivity contribution < 1.29 is 5.11 Å². The number of benzene rings is 2. The highest BCUT2D eigenvalue weighted by Crippen LogP contribution is 2.35. The molecule has 1 aliphatic carbocycles. The van der Waals surface area contributed by atoms with Gasteiger partial charge in [0.05, 0.1) is 6.10 Å². The molecule has 1 N–H and O–H groups in total. The summed E-state index contributed by atoms with van der Waals surface area (Å²) in [6.07, 6.45) is 4.90. The van der Waals surface area contributed by atoms with Crippen LogP contribution in [0.5, 0.6) is 0 Å². The van der Waals surface area contributed by atoms with E-state index in [4.69, 9.17) is 0 Å². The van der Waals surface area contributed by atoms with Crippen molar-refractivity contribution >= 4 is 11.3 Å². The van der Waals surface area contributed by atoms with Crippen LogP contribution in [0.2, 0.25) is 0 Å². The van der Waals surface area contributed by atoms with Gasteiger partial charge in [0.2, 0.25) is 0 Å². The SMILES string of the molecule is CCN(C)C[C@H](C)Cc1cc(C)c(Cc2csc(-c3ccc4c(c3)CCCC4O)c2)cc1C. The Balaban J connectivity index is 1.47. The summed E-state index contributed by atoms with van der Waals surface area (Å²) in [5.74, 6) is 0.663. The van der Waals surface area contributed by atoms with E-state index in [1.165, 1.54) is 43.8 Å². The number of nitrogens with zero attached hydrogens (tertiary/aromatic N) is 1. The van der Waals surface area contributed by atoms with Crippen LogP contribution in [0.25, 0.3) is 10.4 Å². The van der Waals surface area contributed by atoms with Crippen LogP contribution in [0.3, 0.4) is 0 Å². The Labute approximate surface area is 204 Å². The van der Waals surface area contributed by atoms with Crippen LogP contribution in [0.15, 0.2) is 41.8 Å². The fourth-order valence-corrected chi connectivity index (χ4v) is 6.14. The zero-order valence-electron chi connectivity index (χ0n) is 20.9. The molecule has 1 aliphatic rings. The molecule has 4 rings (SSSR count). The monoisotopic (exact) mass is 461 g/mol. The summed E-state index contributed by atoms with van der Waals surface area (Å²) in [7, 11) is 2.21. The predicted molar refractivity (Wildman–Crippen MR) is 142 cm³/mol. The third-order valence-corrected chi connectivity index (χ3v) is 8.31. The number of hydrogen-bond donors (Lipinski definition) is 1. The first kappa shape index (κ1) is 24.2. The van der Waals surface area contributed by atoms with Crippen molar-refractivity contribution in [1.82, 2.24) is 4.90 Å². The molecule has 3 aromatic rings. The summed E-state index contributed by atoms with van der Waals surface area (Å²) >= 11 is 1.84. The van der Waals surface area contributed by atoms with Crippen molar-refractivity contribution in [2.24, 2.45) is 5.92 Å². The molecule has 2 atom stereocenters. The predicted octanol–water partition coefficient (Wildman–Crippen LogP) is 7.12. The minimum atomic E-state index is -0.286. The number of fused-ring (bicyclic) bond motifs is 1. The summed E-state index contributed by atoms with van der Waals surface area (Å²) in [5.41, 5.74) is 10.9. The highest BCUT2D eigenvalue weighted by molar-refractivity contribution is 7.13. The van der Waals surface area contributed by atoms with E-state index in [1.807, 2.05) is 11.3 Å². The van der Waals surface area contributed by atoms with Crippen LogP contribution in [0.1, 0.15) is 71.7 Å². The van der Waals surface area contributed by atoms with Gasteiger partial charge in [-0.3, -0.25) is 0 Å². The number of hydrogen-bond acceptors (Lipinski definition) is 3. The molecule has 0 fully saturated rings. The molecule has 1 heterocycles. The fourth-order valence-electron chi connectivity index (χ4n) is 5.23. The normalized spacial score (nSPS) is 16.8. The molecule has 0 saturated heterocycles. The summed E-state index contributed by atoms with van der Waals surface area (Å²) < 4.78 is 0. The lowest BCUT2D eigenvalue weighted by Gasteiger charge is -2.21. The third-order valence-electron chi connectivity index (χ3n) is 7.28. The summed E-state index contributed by atoms with van der Waals surface area (Å²) in [4.78, 5) is 3.73. The molecule has 1 aromatic heterocycles. The number of thiophene rings is 1. The minimum absolute atomic E-state index is 0.286. The molecule has 33 heavy (non-hydrogen) atoms. The van der Waals surface area contributed by atoms with Crippen molar-refractivity contribution in [1.29, 1.82) is 0 Å². The molecular weight excluding hydrogens is 422 g/mol. The smallest absolute Gasteiger partial charge is 0.0792 e. The van der Waals surface area contributed by atoms with Crippen LogP contribution in [0, 0.1) is 19.8 Å². The molecule has 3 heteroatoms. The Morgan fingerprint density at radius 2 is 1.85 bits per heavy atom. The van der Waals surface area contributed by atoms with E-state index < -0.39 is 0 Å². The Morgan fingerprint density at radius 3 is 2.64 bits per heavy atom. The Bertz CT molecular complexity index is 1100. The van der Waals surface area contributed by atoms with E-state index in [0.717, 1.165) is 50.8 Å². The first-order valence-electron chi connectivity index (χ1n) is 12.5. The van der Waals surface area contributed by atoms with Crippen LogP contribution in [-0.2, 0) is 19.3 Å². The first-order chi connectivity index (χ1) is 15.8. The largest absolute Gasteiger partial charge is 0.388 e. The number of rotatable bonds is 8. The Morgan fingerprint density at radius 1 is 1.09 bits per heavy atom. The second-order valence-electron chi connectivity index (χ2n) is 10.2. The maximum Gasteiger partial charge on any atom is 0.0792 e. The van der Waals surface area contributed by atoms with E-state index in [9.17, 15) is 5.11 Å². The van der Waals surface area contributed by atoms with Gasteiger partial charge in [0.25, 0.3) is 0 Å². The highest BCUT2D eigenvalue weighted by Gasteiger charge is 2.18. The van der Waals surface area contributed by atoms with Crippen molar-refractivity contribution in [3.8, 4) is 10.4 Å². The van der Waals surface area contributed by atoms with Gasteiger partial charge < -0.3 is 10.0 Å². The number of aliphatic hydroxyl groups excluding tert-OH is 1. The van der Waals surface area contributed by atoms with E-state index in [0.29, 0.717) is 5.92 Å². The fraction of sp³-hybridized carbons (Fsp3) is 0.467. The third kappa shape index (κ3) is 5.77. The van der Waals surface area contributed by atoms with E-state index in [-0.39, 0.29) is 6.10 Å². The van der Waals surface area contributed by atoms with Crippen molar-refractivity contribution in [3.63, 3.8) is 0 Å². The zero-order chi connectivity index (χ0) is 23.5. The minimum Gasteiger partial charge on any atom is -0.388 e. The summed E-state index contributed by atoms with van der Waals surface area (Å²) in [5, 5.41) is 12.6. The zero-order valence-corrected chi connectivity index (χ0v) is 21.8. The van der Waals surface area contributed by atoms with Crippen LogP contribution >= 0.6 is 11.3 Å². The molecule has 0 bridgehead atoms. The van der Waals surface area contributed by atoms with Gasteiger partial charge in [0.15, 0.2) is 0 Å². The maximum absolute atomic E-state index is 10.3. The Hall–Kier alpha value is -1.94. The van der Waals surface area contributed by atoms with E-state index in [2.05, 4.69) is 81.4 Å². The molecule has 2 aromatic carbocycles. The molecule has 176 valence electrons. The van der Waals surface area contributed by atoms with Gasteiger partial charge >= 0.3 is 0 Å². The molecule has 0 amide bonds. The van der Waals surface area contributed by atoms with Crippen LogP contribution in [-0.4, -0.2) is 30.1 Å². The lowest BCUT2D eigenvalue weighted by atomic mass is 9.88. The number of aliphatic hydroxyl groups is 1. The highest BCUT2D eigenvalue weighted by atomic mass is 32.1. The quantitative estimate of drug-likeness (QED) is 0.386. The summed E-state index contributed by atoms with van der Waals surface area (Å²) in [6, 6.07) is 13.8. The van der Waals surface area contributed by atoms with Crippen molar-refractivity contribution in [2.45, 2.75) is 65.9 Å². The molecular formula is C30H39NOS. The second kappa shape index (κ2) is 10.5. The topological polar surface area (TPSA) is 23.5 Å². The van der Waals surface area contributed by atoms with Gasteiger partial charge in [-0.1, -0.05) is 38.1 Å².